The van der Waals surface area contributed by atoms with Crippen LogP contribution in [0.2, 0.25) is 5.02 Å². The number of benzene rings is 1. The maximum atomic E-state index is 8.99. The Bertz CT molecular complexity index is 488. The summed E-state index contributed by atoms with van der Waals surface area (Å²) in [7, 11) is 0. The Kier molecular flexibility index (Phi) is 3.39. The molecule has 0 saturated heterocycles. The van der Waals surface area contributed by atoms with E-state index in [1.54, 1.807) is 36.5 Å². The molecule has 0 spiro atoms. The van der Waals surface area contributed by atoms with Gasteiger partial charge in [-0.25, -0.2) is 4.98 Å². The second kappa shape index (κ2) is 4.96. The highest BCUT2D eigenvalue weighted by Crippen LogP contribution is 2.26. The fourth-order valence-corrected chi connectivity index (χ4v) is 1.43. The SMILES string of the molecule is OCc1cccc(Oc2ncccc2Cl)c1. The van der Waals surface area contributed by atoms with E-state index >= 15 is 0 Å². The number of ether oxygens (including phenoxy) is 1. The minimum absolute atomic E-state index is 0.0207. The highest BCUT2D eigenvalue weighted by molar-refractivity contribution is 6.31. The van der Waals surface area contributed by atoms with Gasteiger partial charge in [-0.2, -0.15) is 0 Å². The Balaban J connectivity index is 2.24. The van der Waals surface area contributed by atoms with Crippen molar-refractivity contribution in [2.45, 2.75) is 6.61 Å². The lowest BCUT2D eigenvalue weighted by Crippen LogP contribution is -1.90. The molecule has 1 aromatic heterocycles. The number of rotatable bonds is 3. The molecule has 0 aliphatic rings. The number of hydrogen-bond donors (Lipinski definition) is 1. The van der Waals surface area contributed by atoms with Crippen LogP contribution in [0.1, 0.15) is 5.56 Å². The average Bonchev–Trinajstić information content (AvgIpc) is 2.32. The Morgan fingerprint density at radius 2 is 2.12 bits per heavy atom. The van der Waals surface area contributed by atoms with Gasteiger partial charge in [0, 0.05) is 6.20 Å². The van der Waals surface area contributed by atoms with E-state index in [0.29, 0.717) is 16.7 Å². The lowest BCUT2D eigenvalue weighted by atomic mass is 10.2. The molecule has 82 valence electrons. The standard InChI is InChI=1S/C12H10ClNO2/c13-11-5-2-6-14-12(11)16-10-4-1-3-9(7-10)8-15/h1-7,15H,8H2. The second-order valence-corrected chi connectivity index (χ2v) is 3.61. The Morgan fingerprint density at radius 3 is 2.88 bits per heavy atom. The molecule has 1 aromatic carbocycles. The van der Waals surface area contributed by atoms with E-state index in [-0.39, 0.29) is 6.61 Å². The number of aliphatic hydroxyl groups is 1. The topological polar surface area (TPSA) is 42.4 Å². The number of halogens is 1. The number of pyridine rings is 1. The Morgan fingerprint density at radius 1 is 1.25 bits per heavy atom. The molecule has 1 heterocycles. The fraction of sp³-hybridized carbons (Fsp3) is 0.0833. The molecule has 0 radical (unpaired) electrons. The molecule has 0 aliphatic heterocycles. The molecular formula is C12H10ClNO2. The van der Waals surface area contributed by atoms with Gasteiger partial charge in [0.05, 0.1) is 6.61 Å². The summed E-state index contributed by atoms with van der Waals surface area (Å²) in [6.07, 6.45) is 1.61. The van der Waals surface area contributed by atoms with Gasteiger partial charge in [0.2, 0.25) is 5.88 Å². The normalized spacial score (nSPS) is 10.1. The summed E-state index contributed by atoms with van der Waals surface area (Å²) in [6, 6.07) is 10.6. The van der Waals surface area contributed by atoms with Crippen LogP contribution in [0.25, 0.3) is 0 Å². The maximum absolute atomic E-state index is 8.99. The Labute approximate surface area is 98.3 Å². The smallest absolute Gasteiger partial charge is 0.238 e. The number of nitrogens with zero attached hydrogens (tertiary/aromatic N) is 1. The van der Waals surface area contributed by atoms with E-state index in [4.69, 9.17) is 21.4 Å². The highest BCUT2D eigenvalue weighted by atomic mass is 35.5. The van der Waals surface area contributed by atoms with Crippen molar-refractivity contribution in [3.63, 3.8) is 0 Å². The van der Waals surface area contributed by atoms with Crippen LogP contribution in [-0.4, -0.2) is 10.1 Å². The zero-order valence-corrected chi connectivity index (χ0v) is 9.19. The summed E-state index contributed by atoms with van der Waals surface area (Å²) in [5, 5.41) is 9.44. The van der Waals surface area contributed by atoms with E-state index in [0.717, 1.165) is 5.56 Å². The quantitative estimate of drug-likeness (QED) is 0.889. The van der Waals surface area contributed by atoms with Gasteiger partial charge < -0.3 is 9.84 Å². The molecule has 0 unspecified atom stereocenters. The summed E-state index contributed by atoms with van der Waals surface area (Å²) in [6.45, 7) is -0.0207. The predicted octanol–water partition coefficient (Wildman–Crippen LogP) is 3.02. The maximum Gasteiger partial charge on any atom is 0.238 e. The average molecular weight is 236 g/mol. The number of hydrogen-bond acceptors (Lipinski definition) is 3. The van der Waals surface area contributed by atoms with E-state index in [1.165, 1.54) is 0 Å². The zero-order chi connectivity index (χ0) is 11.4. The van der Waals surface area contributed by atoms with Gasteiger partial charge in [0.25, 0.3) is 0 Å². The van der Waals surface area contributed by atoms with E-state index in [1.807, 2.05) is 6.07 Å². The van der Waals surface area contributed by atoms with Crippen molar-refractivity contribution in [3.05, 3.63) is 53.2 Å². The third kappa shape index (κ3) is 2.51. The van der Waals surface area contributed by atoms with Crippen LogP contribution in [0.4, 0.5) is 0 Å². The largest absolute Gasteiger partial charge is 0.438 e. The second-order valence-electron chi connectivity index (χ2n) is 3.20. The van der Waals surface area contributed by atoms with Crippen LogP contribution in [0.5, 0.6) is 11.6 Å². The van der Waals surface area contributed by atoms with Gasteiger partial charge in [-0.3, -0.25) is 0 Å². The van der Waals surface area contributed by atoms with Crippen LogP contribution in [0, 0.1) is 0 Å². The molecule has 3 nitrogen and oxygen atoms in total. The van der Waals surface area contributed by atoms with Crippen molar-refractivity contribution in [1.82, 2.24) is 4.98 Å². The first kappa shape index (κ1) is 10.9. The highest BCUT2D eigenvalue weighted by Gasteiger charge is 2.03. The van der Waals surface area contributed by atoms with Crippen molar-refractivity contribution in [2.24, 2.45) is 0 Å². The molecular weight excluding hydrogens is 226 g/mol. The Hall–Kier alpha value is -1.58. The van der Waals surface area contributed by atoms with Crippen LogP contribution in [-0.2, 0) is 6.61 Å². The van der Waals surface area contributed by atoms with Gasteiger partial charge in [-0.1, -0.05) is 23.7 Å². The van der Waals surface area contributed by atoms with Crippen LogP contribution < -0.4 is 4.74 Å². The molecule has 2 aromatic rings. The third-order valence-electron chi connectivity index (χ3n) is 2.02. The van der Waals surface area contributed by atoms with Crippen molar-refractivity contribution in [1.29, 1.82) is 0 Å². The van der Waals surface area contributed by atoms with Crippen LogP contribution in [0.15, 0.2) is 42.6 Å². The predicted molar refractivity (Wildman–Crippen MR) is 61.7 cm³/mol. The summed E-state index contributed by atoms with van der Waals surface area (Å²) in [5.74, 6) is 0.964. The van der Waals surface area contributed by atoms with Crippen molar-refractivity contribution >= 4 is 11.6 Å². The first-order valence-corrected chi connectivity index (χ1v) is 5.15. The van der Waals surface area contributed by atoms with Crippen LogP contribution in [0.3, 0.4) is 0 Å². The first-order valence-electron chi connectivity index (χ1n) is 4.78. The molecule has 0 saturated carbocycles. The van der Waals surface area contributed by atoms with Gasteiger partial charge in [0.1, 0.15) is 10.8 Å². The third-order valence-corrected chi connectivity index (χ3v) is 2.31. The lowest BCUT2D eigenvalue weighted by Gasteiger charge is -2.06. The molecule has 0 fully saturated rings. The molecule has 4 heteroatoms. The fourth-order valence-electron chi connectivity index (χ4n) is 1.27. The van der Waals surface area contributed by atoms with E-state index in [2.05, 4.69) is 4.98 Å². The number of aliphatic hydroxyl groups excluding tert-OH is 1. The first-order chi connectivity index (χ1) is 7.79. The zero-order valence-electron chi connectivity index (χ0n) is 8.43. The molecule has 1 N–H and O–H groups in total. The minimum Gasteiger partial charge on any atom is -0.438 e. The summed E-state index contributed by atoms with van der Waals surface area (Å²) >= 11 is 5.91. The van der Waals surface area contributed by atoms with E-state index < -0.39 is 0 Å². The molecule has 0 aliphatic carbocycles. The summed E-state index contributed by atoms with van der Waals surface area (Å²) < 4.78 is 5.50. The van der Waals surface area contributed by atoms with Gasteiger partial charge >= 0.3 is 0 Å². The summed E-state index contributed by atoms with van der Waals surface area (Å²) in [5.41, 5.74) is 0.782. The summed E-state index contributed by atoms with van der Waals surface area (Å²) in [4.78, 5) is 4.01. The molecule has 16 heavy (non-hydrogen) atoms. The van der Waals surface area contributed by atoms with Crippen LogP contribution >= 0.6 is 11.6 Å². The molecule has 0 bridgehead atoms. The van der Waals surface area contributed by atoms with Crippen molar-refractivity contribution in [3.8, 4) is 11.6 Å². The van der Waals surface area contributed by atoms with Crippen molar-refractivity contribution in [2.75, 3.05) is 0 Å². The molecule has 0 atom stereocenters. The van der Waals surface area contributed by atoms with Crippen molar-refractivity contribution < 1.29 is 9.84 Å². The van der Waals surface area contributed by atoms with E-state index in [9.17, 15) is 0 Å². The molecule has 2 rings (SSSR count). The van der Waals surface area contributed by atoms with Gasteiger partial charge in [-0.15, -0.1) is 0 Å². The van der Waals surface area contributed by atoms with Gasteiger partial charge in [-0.05, 0) is 29.8 Å². The number of aromatic nitrogens is 1. The monoisotopic (exact) mass is 235 g/mol. The molecule has 0 amide bonds. The van der Waals surface area contributed by atoms with Gasteiger partial charge in [0.15, 0.2) is 0 Å². The lowest BCUT2D eigenvalue weighted by molar-refractivity contribution is 0.281. The minimum atomic E-state index is -0.0207.